The Labute approximate surface area is 168 Å². The highest BCUT2D eigenvalue weighted by molar-refractivity contribution is 7.90. The summed E-state index contributed by atoms with van der Waals surface area (Å²) in [6.07, 6.45) is 1.10. The first-order chi connectivity index (χ1) is 12.8. The Bertz CT molecular complexity index is 960. The molecule has 0 amide bonds. The standard InChI is InChI=1S/C19H22ClNO6S/c1-5-27-18(21)15-13(28(4,25)26)7-6-10(16(15)20)17(24)14-11(22)8-19(2,3)9-12(14)23/h6-7,14,21H,5,8-9H2,1-4H3. The summed E-state index contributed by atoms with van der Waals surface area (Å²) in [5.41, 5.74) is -0.954. The van der Waals surface area contributed by atoms with Gasteiger partial charge in [-0.05, 0) is 24.5 Å². The predicted octanol–water partition coefficient (Wildman–Crippen LogP) is 2.86. The second-order valence-electron chi connectivity index (χ2n) is 7.58. The average Bonchev–Trinajstić information content (AvgIpc) is 2.51. The molecule has 1 aromatic carbocycles. The number of rotatable bonds is 5. The van der Waals surface area contributed by atoms with Gasteiger partial charge in [0.15, 0.2) is 27.2 Å². The minimum Gasteiger partial charge on any atom is -0.478 e. The minimum absolute atomic E-state index is 0.0792. The van der Waals surface area contributed by atoms with Crippen molar-refractivity contribution in [1.82, 2.24) is 0 Å². The van der Waals surface area contributed by atoms with E-state index in [1.807, 2.05) is 0 Å². The van der Waals surface area contributed by atoms with E-state index in [9.17, 15) is 22.8 Å². The van der Waals surface area contributed by atoms with Crippen LogP contribution in [0.5, 0.6) is 0 Å². The number of carbonyl (C=O) groups excluding carboxylic acids is 3. The topological polar surface area (TPSA) is 118 Å². The summed E-state index contributed by atoms with van der Waals surface area (Å²) >= 11 is 6.29. The molecule has 0 saturated heterocycles. The molecule has 2 rings (SSSR count). The highest BCUT2D eigenvalue weighted by Gasteiger charge is 2.44. The van der Waals surface area contributed by atoms with Crippen molar-refractivity contribution in [2.75, 3.05) is 12.9 Å². The van der Waals surface area contributed by atoms with Crippen LogP contribution in [-0.2, 0) is 24.2 Å². The first kappa shape index (κ1) is 22.2. The van der Waals surface area contributed by atoms with Crippen molar-refractivity contribution in [3.8, 4) is 0 Å². The number of benzene rings is 1. The summed E-state index contributed by atoms with van der Waals surface area (Å²) in [5, 5.41) is 7.67. The fourth-order valence-corrected chi connectivity index (χ4v) is 4.60. The maximum atomic E-state index is 13.0. The van der Waals surface area contributed by atoms with Crippen LogP contribution < -0.4 is 0 Å². The average molecular weight is 428 g/mol. The first-order valence-electron chi connectivity index (χ1n) is 8.64. The van der Waals surface area contributed by atoms with Gasteiger partial charge in [0.1, 0.15) is 5.92 Å². The van der Waals surface area contributed by atoms with Gasteiger partial charge >= 0.3 is 0 Å². The summed E-state index contributed by atoms with van der Waals surface area (Å²) in [6, 6.07) is 2.31. The van der Waals surface area contributed by atoms with Gasteiger partial charge in [-0.25, -0.2) is 8.42 Å². The van der Waals surface area contributed by atoms with Crippen LogP contribution in [0.15, 0.2) is 17.0 Å². The van der Waals surface area contributed by atoms with E-state index in [1.54, 1.807) is 20.8 Å². The molecule has 152 valence electrons. The van der Waals surface area contributed by atoms with Crippen molar-refractivity contribution < 1.29 is 27.5 Å². The van der Waals surface area contributed by atoms with Crippen molar-refractivity contribution in [2.45, 2.75) is 38.5 Å². The van der Waals surface area contributed by atoms with Crippen molar-refractivity contribution >= 4 is 44.7 Å². The predicted molar refractivity (Wildman–Crippen MR) is 104 cm³/mol. The van der Waals surface area contributed by atoms with Gasteiger partial charge in [-0.3, -0.25) is 19.8 Å². The molecule has 0 spiro atoms. The van der Waals surface area contributed by atoms with E-state index in [4.69, 9.17) is 21.7 Å². The zero-order valence-corrected chi connectivity index (χ0v) is 17.7. The van der Waals surface area contributed by atoms with E-state index in [0.717, 1.165) is 12.3 Å². The number of carbonyl (C=O) groups is 3. The van der Waals surface area contributed by atoms with E-state index in [2.05, 4.69) is 0 Å². The number of nitrogens with one attached hydrogen (secondary N) is 1. The Morgan fingerprint density at radius 1 is 1.25 bits per heavy atom. The fourth-order valence-electron chi connectivity index (χ4n) is 3.32. The summed E-state index contributed by atoms with van der Waals surface area (Å²) in [6.45, 7) is 5.25. The largest absolute Gasteiger partial charge is 0.478 e. The third-order valence-electron chi connectivity index (χ3n) is 4.50. The Morgan fingerprint density at radius 2 is 1.79 bits per heavy atom. The Morgan fingerprint density at radius 3 is 2.25 bits per heavy atom. The quantitative estimate of drug-likeness (QED) is 0.334. The summed E-state index contributed by atoms with van der Waals surface area (Å²) < 4.78 is 29.2. The molecule has 0 unspecified atom stereocenters. The summed E-state index contributed by atoms with van der Waals surface area (Å²) in [4.78, 5) is 37.6. The van der Waals surface area contributed by atoms with Crippen LogP contribution in [0.1, 0.15) is 49.5 Å². The monoisotopic (exact) mass is 427 g/mol. The molecule has 28 heavy (non-hydrogen) atoms. The molecule has 0 atom stereocenters. The van der Waals surface area contributed by atoms with Crippen molar-refractivity contribution in [3.05, 3.63) is 28.3 Å². The molecule has 1 fully saturated rings. The van der Waals surface area contributed by atoms with Gasteiger partial charge < -0.3 is 4.74 Å². The molecule has 1 N–H and O–H groups in total. The highest BCUT2D eigenvalue weighted by Crippen LogP contribution is 2.37. The van der Waals surface area contributed by atoms with Gasteiger partial charge in [-0.2, -0.15) is 0 Å². The van der Waals surface area contributed by atoms with E-state index in [-0.39, 0.29) is 40.5 Å². The van der Waals surface area contributed by atoms with Crippen molar-refractivity contribution in [2.24, 2.45) is 11.3 Å². The maximum absolute atomic E-state index is 13.0. The van der Waals surface area contributed by atoms with Gasteiger partial charge in [0.05, 0.1) is 22.1 Å². The van der Waals surface area contributed by atoms with E-state index >= 15 is 0 Å². The van der Waals surface area contributed by atoms with Crippen molar-refractivity contribution in [1.29, 1.82) is 5.41 Å². The third-order valence-corrected chi connectivity index (χ3v) is 6.03. The molecular weight excluding hydrogens is 406 g/mol. The Kier molecular flexibility index (Phi) is 6.16. The van der Waals surface area contributed by atoms with Crippen LogP contribution in [0.25, 0.3) is 0 Å². The van der Waals surface area contributed by atoms with Crippen LogP contribution in [0.4, 0.5) is 0 Å². The molecule has 0 bridgehead atoms. The van der Waals surface area contributed by atoms with Crippen LogP contribution in [0.3, 0.4) is 0 Å². The van der Waals surface area contributed by atoms with E-state index in [0.29, 0.717) is 0 Å². The minimum atomic E-state index is -3.77. The van der Waals surface area contributed by atoms with Gasteiger partial charge in [0.25, 0.3) is 0 Å². The Balaban J connectivity index is 2.59. The highest BCUT2D eigenvalue weighted by atomic mass is 35.5. The smallest absolute Gasteiger partial charge is 0.216 e. The lowest BCUT2D eigenvalue weighted by Gasteiger charge is -2.31. The summed E-state index contributed by atoms with van der Waals surface area (Å²) in [7, 11) is -3.77. The maximum Gasteiger partial charge on any atom is 0.216 e. The molecule has 1 aliphatic rings. The number of hydrogen-bond acceptors (Lipinski definition) is 7. The number of halogens is 1. The molecule has 0 aromatic heterocycles. The van der Waals surface area contributed by atoms with E-state index in [1.165, 1.54) is 6.07 Å². The van der Waals surface area contributed by atoms with Crippen LogP contribution >= 0.6 is 11.6 Å². The summed E-state index contributed by atoms with van der Waals surface area (Å²) in [5.74, 6) is -3.75. The van der Waals surface area contributed by atoms with Crippen LogP contribution in [0, 0.1) is 16.7 Å². The van der Waals surface area contributed by atoms with Crippen LogP contribution in [-0.4, -0.2) is 44.5 Å². The lowest BCUT2D eigenvalue weighted by Crippen LogP contribution is -2.42. The van der Waals surface area contributed by atoms with Gasteiger partial charge in [-0.15, -0.1) is 0 Å². The number of Topliss-reactive ketones (excluding diaryl/α,β-unsaturated/α-hetero) is 3. The molecule has 7 nitrogen and oxygen atoms in total. The lowest BCUT2D eigenvalue weighted by atomic mass is 9.69. The molecule has 0 aliphatic heterocycles. The Hall–Kier alpha value is -2.06. The zero-order chi connectivity index (χ0) is 21.4. The normalized spacial score (nSPS) is 17.5. The SMILES string of the molecule is CCOC(=N)c1c(S(C)(=O)=O)ccc(C(=O)C2C(=O)CC(C)(C)CC2=O)c1Cl. The molecule has 1 aliphatic carbocycles. The molecule has 0 radical (unpaired) electrons. The van der Waals surface area contributed by atoms with Crippen LogP contribution in [0.2, 0.25) is 5.02 Å². The number of sulfone groups is 1. The molecule has 9 heteroatoms. The number of hydrogen-bond donors (Lipinski definition) is 1. The van der Waals surface area contributed by atoms with Crippen molar-refractivity contribution in [3.63, 3.8) is 0 Å². The molecule has 1 saturated carbocycles. The fraction of sp³-hybridized carbons (Fsp3) is 0.474. The molecule has 0 heterocycles. The van der Waals surface area contributed by atoms with Gasteiger partial charge in [0.2, 0.25) is 5.90 Å². The zero-order valence-electron chi connectivity index (χ0n) is 16.1. The van der Waals surface area contributed by atoms with Gasteiger partial charge in [-0.1, -0.05) is 25.4 Å². The lowest BCUT2D eigenvalue weighted by molar-refractivity contribution is -0.137. The number of ether oxygens (including phenoxy) is 1. The third kappa shape index (κ3) is 4.33. The first-order valence-corrected chi connectivity index (χ1v) is 10.9. The molecule has 1 aromatic rings. The van der Waals surface area contributed by atoms with Gasteiger partial charge in [0, 0.05) is 24.7 Å². The van der Waals surface area contributed by atoms with E-state index < -0.39 is 44.4 Å². The second-order valence-corrected chi connectivity index (χ2v) is 9.94. The molecular formula is C19H22ClNO6S. The number of ketones is 3. The second kappa shape index (κ2) is 7.75.